The highest BCUT2D eigenvalue weighted by Gasteiger charge is 1.62. The predicted octanol–water partition coefficient (Wildman–Crippen LogP) is 0.617. The van der Waals surface area contributed by atoms with Crippen LogP contribution in [0.4, 0.5) is 0 Å². The van der Waals surface area contributed by atoms with E-state index in [1.807, 2.05) is 0 Å². The molecular weight excluding hydrogens is 82.1 g/mol. The summed E-state index contributed by atoms with van der Waals surface area (Å²) in [5, 5.41) is 0. The maximum Gasteiger partial charge on any atom is 0.0470 e. The molecule has 0 spiro atoms. The van der Waals surface area contributed by atoms with E-state index in [2.05, 4.69) is 24.3 Å². The van der Waals surface area contributed by atoms with Crippen LogP contribution < -0.4 is 0 Å². The molecular formula is C3H7NS. The largest absolute Gasteiger partial charge is 0.300 e. The lowest BCUT2D eigenvalue weighted by molar-refractivity contribution is 1.17. The molecule has 1 nitrogen and oxygen atoms in total. The molecule has 0 heterocycles. The molecule has 0 aromatic heterocycles. The van der Waals surface area contributed by atoms with Gasteiger partial charge in [-0.1, -0.05) is 0 Å². The fourth-order valence-corrected chi connectivity index (χ4v) is 0.212. The second-order valence-electron chi connectivity index (χ2n) is 0.671. The molecule has 0 bridgehead atoms. The summed E-state index contributed by atoms with van der Waals surface area (Å²) in [6.07, 6.45) is 0. The topological polar surface area (TPSA) is 12.4 Å². The first-order valence-corrected chi connectivity index (χ1v) is 2.08. The molecule has 0 radical (unpaired) electrons. The Balaban J connectivity index is 2.40. The van der Waals surface area contributed by atoms with Crippen molar-refractivity contribution < 1.29 is 0 Å². The third kappa shape index (κ3) is 4.02. The Morgan fingerprint density at radius 3 is 2.40 bits per heavy atom. The van der Waals surface area contributed by atoms with Gasteiger partial charge in [-0.25, -0.2) is 0 Å². The van der Waals surface area contributed by atoms with E-state index in [1.165, 1.54) is 0 Å². The Bertz CT molecular complexity index is 28.1. The Morgan fingerprint density at radius 2 is 2.40 bits per heavy atom. The molecule has 0 aliphatic heterocycles. The van der Waals surface area contributed by atoms with Crippen molar-refractivity contribution in [3.8, 4) is 0 Å². The van der Waals surface area contributed by atoms with Crippen LogP contribution in [0.2, 0.25) is 0 Å². The second kappa shape index (κ2) is 4.02. The first kappa shape index (κ1) is 5.02. The first-order valence-electron chi connectivity index (χ1n) is 1.45. The number of hydrogen-bond acceptors (Lipinski definition) is 2. The van der Waals surface area contributed by atoms with Crippen LogP contribution in [0, 0.1) is 0 Å². The van der Waals surface area contributed by atoms with E-state index < -0.39 is 0 Å². The summed E-state index contributed by atoms with van der Waals surface area (Å²) in [4.78, 5) is 3.53. The van der Waals surface area contributed by atoms with E-state index in [9.17, 15) is 0 Å². The number of rotatable bonds is 2. The van der Waals surface area contributed by atoms with Crippen molar-refractivity contribution in [2.24, 2.45) is 4.99 Å². The van der Waals surface area contributed by atoms with Crippen molar-refractivity contribution in [3.63, 3.8) is 0 Å². The van der Waals surface area contributed by atoms with Gasteiger partial charge in [0.2, 0.25) is 0 Å². The van der Waals surface area contributed by atoms with Crippen LogP contribution in [0.15, 0.2) is 4.99 Å². The van der Waals surface area contributed by atoms with Gasteiger partial charge < -0.3 is 4.99 Å². The summed E-state index contributed by atoms with van der Waals surface area (Å²) in [5.41, 5.74) is 0. The number of hydrogen-bond donors (Lipinski definition) is 1. The van der Waals surface area contributed by atoms with Crippen molar-refractivity contribution in [1.29, 1.82) is 0 Å². The maximum absolute atomic E-state index is 3.87. The molecule has 0 N–H and O–H groups in total. The Morgan fingerprint density at radius 1 is 1.80 bits per heavy atom. The van der Waals surface area contributed by atoms with Gasteiger partial charge in [-0.3, -0.25) is 0 Å². The molecule has 0 saturated heterocycles. The van der Waals surface area contributed by atoms with E-state index in [1.54, 1.807) is 0 Å². The van der Waals surface area contributed by atoms with Gasteiger partial charge in [-0.05, 0) is 6.72 Å². The normalized spacial score (nSPS) is 7.40. The van der Waals surface area contributed by atoms with Crippen LogP contribution in [-0.4, -0.2) is 19.0 Å². The monoisotopic (exact) mass is 89.0 g/mol. The zero-order chi connectivity index (χ0) is 4.12. The van der Waals surface area contributed by atoms with Gasteiger partial charge in [0.25, 0.3) is 0 Å². The number of nitrogens with zero attached hydrogens (tertiary/aromatic N) is 1. The summed E-state index contributed by atoms with van der Waals surface area (Å²) < 4.78 is 0. The minimum absolute atomic E-state index is 0.767. The molecule has 0 aromatic rings. The van der Waals surface area contributed by atoms with Crippen LogP contribution in [0.1, 0.15) is 0 Å². The van der Waals surface area contributed by atoms with E-state index in [0.717, 1.165) is 12.3 Å². The lowest BCUT2D eigenvalue weighted by Gasteiger charge is -1.73. The van der Waals surface area contributed by atoms with Crippen LogP contribution in [0.25, 0.3) is 0 Å². The zero-order valence-electron chi connectivity index (χ0n) is 3.02. The highest BCUT2D eigenvalue weighted by atomic mass is 32.1. The van der Waals surface area contributed by atoms with Crippen molar-refractivity contribution in [3.05, 3.63) is 0 Å². The number of thiol groups is 1. The van der Waals surface area contributed by atoms with Gasteiger partial charge >= 0.3 is 0 Å². The molecule has 5 heavy (non-hydrogen) atoms. The van der Waals surface area contributed by atoms with Gasteiger partial charge in [0.05, 0.1) is 0 Å². The first-order chi connectivity index (χ1) is 2.41. The average molecular weight is 89.2 g/mol. The SMILES string of the molecule is C=NCCS. The van der Waals surface area contributed by atoms with Crippen molar-refractivity contribution in [1.82, 2.24) is 0 Å². The third-order valence-electron chi connectivity index (χ3n) is 0.258. The quantitative estimate of drug-likeness (QED) is 0.376. The molecule has 0 unspecified atom stereocenters. The summed E-state index contributed by atoms with van der Waals surface area (Å²) in [5.74, 6) is 0.809. The Labute approximate surface area is 37.5 Å². The maximum atomic E-state index is 3.87. The minimum atomic E-state index is 0.767. The molecule has 0 aromatic carbocycles. The standard InChI is InChI=1S/C3H7NS/c1-4-2-3-5/h5H,1-3H2. The van der Waals surface area contributed by atoms with E-state index >= 15 is 0 Å². The summed E-state index contributed by atoms with van der Waals surface area (Å²) in [6, 6.07) is 0. The third-order valence-corrected chi connectivity index (χ3v) is 0.458. The fourth-order valence-electron chi connectivity index (χ4n) is 0.0707. The smallest absolute Gasteiger partial charge is 0.0470 e. The highest BCUT2D eigenvalue weighted by Crippen LogP contribution is 1.69. The lowest BCUT2D eigenvalue weighted by atomic mass is 10.8. The van der Waals surface area contributed by atoms with Crippen LogP contribution in [-0.2, 0) is 0 Å². The molecule has 0 aliphatic carbocycles. The van der Waals surface area contributed by atoms with Crippen molar-refractivity contribution in [2.75, 3.05) is 12.3 Å². The van der Waals surface area contributed by atoms with Crippen molar-refractivity contribution in [2.45, 2.75) is 0 Å². The molecule has 0 rings (SSSR count). The molecule has 0 atom stereocenters. The van der Waals surface area contributed by atoms with Gasteiger partial charge in [0.15, 0.2) is 0 Å². The molecule has 2 heteroatoms. The molecule has 0 fully saturated rings. The van der Waals surface area contributed by atoms with E-state index in [0.29, 0.717) is 0 Å². The highest BCUT2D eigenvalue weighted by molar-refractivity contribution is 7.80. The zero-order valence-corrected chi connectivity index (χ0v) is 3.91. The van der Waals surface area contributed by atoms with Crippen molar-refractivity contribution >= 4 is 19.3 Å². The Kier molecular flexibility index (Phi) is 4.04. The van der Waals surface area contributed by atoms with Gasteiger partial charge in [-0.2, -0.15) is 12.6 Å². The fraction of sp³-hybridized carbons (Fsp3) is 0.667. The molecule has 0 saturated carbocycles. The number of aliphatic imine (C=N–C) groups is 1. The molecule has 0 aliphatic rings. The summed E-state index contributed by atoms with van der Waals surface area (Å²) >= 11 is 3.87. The van der Waals surface area contributed by atoms with Gasteiger partial charge in [0.1, 0.15) is 0 Å². The molecule has 30 valence electrons. The molecule has 0 amide bonds. The predicted molar refractivity (Wildman–Crippen MR) is 28.3 cm³/mol. The second-order valence-corrected chi connectivity index (χ2v) is 1.12. The van der Waals surface area contributed by atoms with Crippen LogP contribution in [0.3, 0.4) is 0 Å². The van der Waals surface area contributed by atoms with Gasteiger partial charge in [0, 0.05) is 12.3 Å². The minimum Gasteiger partial charge on any atom is -0.300 e. The lowest BCUT2D eigenvalue weighted by Crippen LogP contribution is -1.74. The van der Waals surface area contributed by atoms with E-state index in [4.69, 9.17) is 0 Å². The van der Waals surface area contributed by atoms with Crippen LogP contribution in [0.5, 0.6) is 0 Å². The van der Waals surface area contributed by atoms with Gasteiger partial charge in [-0.15, -0.1) is 0 Å². The average Bonchev–Trinajstić information content (AvgIpc) is 1.41. The van der Waals surface area contributed by atoms with Crippen LogP contribution >= 0.6 is 12.6 Å². The Hall–Kier alpha value is 0.0200. The van der Waals surface area contributed by atoms with E-state index in [-0.39, 0.29) is 0 Å². The summed E-state index contributed by atoms with van der Waals surface area (Å²) in [7, 11) is 0. The summed E-state index contributed by atoms with van der Waals surface area (Å²) in [6.45, 7) is 4.02.